The van der Waals surface area contributed by atoms with Crippen molar-refractivity contribution >= 4 is 12.2 Å². The van der Waals surface area contributed by atoms with Crippen LogP contribution in [0, 0.1) is 5.92 Å². The Labute approximate surface area is 131 Å². The molecule has 0 radical (unpaired) electrons. The fraction of sp³-hybridized carbons (Fsp3) is 0.529. The number of aldehydes is 1. The van der Waals surface area contributed by atoms with Crippen LogP contribution in [0.15, 0.2) is 18.2 Å². The summed E-state index contributed by atoms with van der Waals surface area (Å²) in [6.07, 6.45) is 5.34. The van der Waals surface area contributed by atoms with E-state index in [1.165, 1.54) is 13.5 Å². The maximum absolute atomic E-state index is 12.0. The third-order valence-corrected chi connectivity index (χ3v) is 4.14. The molecule has 1 aromatic rings. The summed E-state index contributed by atoms with van der Waals surface area (Å²) in [5, 5.41) is 3.04. The fourth-order valence-corrected chi connectivity index (χ4v) is 2.80. The van der Waals surface area contributed by atoms with Crippen molar-refractivity contribution in [1.82, 2.24) is 5.32 Å². The average molecular weight is 305 g/mol. The molecule has 0 heterocycles. The number of methoxy groups -OCH3 is 1. The highest BCUT2D eigenvalue weighted by atomic mass is 16.5. The number of carbonyl (C=O) groups excluding carboxylic acids is 2. The Bertz CT molecular complexity index is 529. The number of carbonyl (C=O) groups is 2. The third kappa shape index (κ3) is 4.23. The maximum atomic E-state index is 12.0. The van der Waals surface area contributed by atoms with Crippen LogP contribution in [0.5, 0.6) is 11.5 Å². The molecular weight excluding hydrogens is 282 g/mol. The Hall–Kier alpha value is -2.04. The average Bonchev–Trinajstić information content (AvgIpc) is 2.55. The van der Waals surface area contributed by atoms with Crippen molar-refractivity contribution in [1.29, 1.82) is 0 Å². The van der Waals surface area contributed by atoms with Gasteiger partial charge >= 0.3 is 0 Å². The summed E-state index contributed by atoms with van der Waals surface area (Å²) in [6.45, 7) is 2.12. The number of benzene rings is 1. The summed E-state index contributed by atoms with van der Waals surface area (Å²) in [7, 11) is 1.50. The highest BCUT2D eigenvalue weighted by Crippen LogP contribution is 2.27. The highest BCUT2D eigenvalue weighted by molar-refractivity contribution is 5.78. The summed E-state index contributed by atoms with van der Waals surface area (Å²) >= 11 is 0. The fourth-order valence-electron chi connectivity index (χ4n) is 2.80. The molecule has 5 nitrogen and oxygen atoms in total. The van der Waals surface area contributed by atoms with Gasteiger partial charge < -0.3 is 14.8 Å². The van der Waals surface area contributed by atoms with Crippen LogP contribution in [0.3, 0.4) is 0 Å². The molecule has 1 aliphatic carbocycles. The van der Waals surface area contributed by atoms with Gasteiger partial charge in [-0.1, -0.05) is 19.8 Å². The van der Waals surface area contributed by atoms with Gasteiger partial charge in [-0.15, -0.1) is 0 Å². The Kier molecular flexibility index (Phi) is 5.81. The van der Waals surface area contributed by atoms with Gasteiger partial charge in [-0.05, 0) is 37.0 Å². The van der Waals surface area contributed by atoms with E-state index in [1.54, 1.807) is 18.2 Å². The predicted molar refractivity (Wildman–Crippen MR) is 83.4 cm³/mol. The summed E-state index contributed by atoms with van der Waals surface area (Å²) in [5.74, 6) is 1.29. The van der Waals surface area contributed by atoms with Crippen molar-refractivity contribution in [3.8, 4) is 11.5 Å². The van der Waals surface area contributed by atoms with Gasteiger partial charge in [-0.2, -0.15) is 0 Å². The van der Waals surface area contributed by atoms with E-state index in [2.05, 4.69) is 12.2 Å². The lowest BCUT2D eigenvalue weighted by Gasteiger charge is -2.29. The maximum Gasteiger partial charge on any atom is 0.258 e. The van der Waals surface area contributed by atoms with Crippen molar-refractivity contribution in [3.05, 3.63) is 23.8 Å². The molecule has 0 bridgehead atoms. The number of rotatable bonds is 6. The van der Waals surface area contributed by atoms with Crippen LogP contribution in [0.1, 0.15) is 43.0 Å². The van der Waals surface area contributed by atoms with E-state index >= 15 is 0 Å². The van der Waals surface area contributed by atoms with Crippen LogP contribution in [-0.2, 0) is 4.79 Å². The zero-order valence-electron chi connectivity index (χ0n) is 13.1. The standard InChI is InChI=1S/C17H23NO4/c1-12-5-3-4-6-14(12)18-17(20)11-22-15-8-7-13(10-19)9-16(15)21-2/h7-10,12,14H,3-6,11H2,1-2H3,(H,18,20)/t12-,14+/m1/s1. The molecule has 0 aliphatic heterocycles. The quantitative estimate of drug-likeness (QED) is 0.820. The number of hydrogen-bond donors (Lipinski definition) is 1. The molecule has 0 aromatic heterocycles. The van der Waals surface area contributed by atoms with Crippen molar-refractivity contribution in [2.45, 2.75) is 38.6 Å². The van der Waals surface area contributed by atoms with Crippen LogP contribution in [0.4, 0.5) is 0 Å². The van der Waals surface area contributed by atoms with E-state index in [-0.39, 0.29) is 18.6 Å². The molecule has 0 saturated heterocycles. The van der Waals surface area contributed by atoms with Crippen molar-refractivity contribution in [2.75, 3.05) is 13.7 Å². The third-order valence-electron chi connectivity index (χ3n) is 4.14. The predicted octanol–water partition coefficient (Wildman–Crippen LogP) is 2.58. The molecule has 2 rings (SSSR count). The minimum atomic E-state index is -0.125. The van der Waals surface area contributed by atoms with Crippen molar-refractivity contribution < 1.29 is 19.1 Å². The number of hydrogen-bond acceptors (Lipinski definition) is 4. The van der Waals surface area contributed by atoms with Crippen molar-refractivity contribution in [3.63, 3.8) is 0 Å². The molecule has 1 N–H and O–H groups in total. The Balaban J connectivity index is 1.89. The molecule has 0 unspecified atom stereocenters. The van der Waals surface area contributed by atoms with Crippen LogP contribution in [-0.4, -0.2) is 32.0 Å². The van der Waals surface area contributed by atoms with E-state index in [1.807, 2.05) is 0 Å². The molecule has 1 aromatic carbocycles. The van der Waals surface area contributed by atoms with Gasteiger partial charge in [-0.25, -0.2) is 0 Å². The van der Waals surface area contributed by atoms with Crippen molar-refractivity contribution in [2.24, 2.45) is 5.92 Å². The molecule has 2 atom stereocenters. The van der Waals surface area contributed by atoms with Crippen LogP contribution in [0.2, 0.25) is 0 Å². The van der Waals surface area contributed by atoms with Gasteiger partial charge in [0, 0.05) is 11.6 Å². The van der Waals surface area contributed by atoms with E-state index < -0.39 is 0 Å². The zero-order chi connectivity index (χ0) is 15.9. The summed E-state index contributed by atoms with van der Waals surface area (Å²) in [4.78, 5) is 22.8. The van der Waals surface area contributed by atoms with Crippen LogP contribution >= 0.6 is 0 Å². The first kappa shape index (κ1) is 16.3. The first-order chi connectivity index (χ1) is 10.6. The van der Waals surface area contributed by atoms with Gasteiger partial charge in [0.25, 0.3) is 5.91 Å². The molecule has 1 aliphatic rings. The van der Waals surface area contributed by atoms with Gasteiger partial charge in [-0.3, -0.25) is 9.59 Å². The van der Waals surface area contributed by atoms with Crippen LogP contribution < -0.4 is 14.8 Å². The Morgan fingerprint density at radius 1 is 1.32 bits per heavy atom. The lowest BCUT2D eigenvalue weighted by Crippen LogP contribution is -2.43. The normalized spacial score (nSPS) is 21.0. The smallest absolute Gasteiger partial charge is 0.258 e. The monoisotopic (exact) mass is 305 g/mol. The topological polar surface area (TPSA) is 64.6 Å². The SMILES string of the molecule is COc1cc(C=O)ccc1OCC(=O)N[C@H]1CCCC[C@H]1C. The molecule has 22 heavy (non-hydrogen) atoms. The van der Waals surface area contributed by atoms with Gasteiger partial charge in [0.05, 0.1) is 7.11 Å². The first-order valence-corrected chi connectivity index (χ1v) is 7.69. The Morgan fingerprint density at radius 2 is 2.09 bits per heavy atom. The largest absolute Gasteiger partial charge is 0.493 e. The second kappa shape index (κ2) is 7.82. The van der Waals surface area contributed by atoms with E-state index in [0.29, 0.717) is 23.0 Å². The second-order valence-electron chi connectivity index (χ2n) is 5.75. The summed E-state index contributed by atoms with van der Waals surface area (Å²) in [6, 6.07) is 5.10. The van der Waals surface area contributed by atoms with E-state index in [9.17, 15) is 9.59 Å². The molecular formula is C17H23NO4. The number of nitrogens with one attached hydrogen (secondary N) is 1. The lowest BCUT2D eigenvalue weighted by atomic mass is 9.86. The number of ether oxygens (including phenoxy) is 2. The molecule has 120 valence electrons. The minimum absolute atomic E-state index is 0.0555. The van der Waals surface area contributed by atoms with Gasteiger partial charge in [0.15, 0.2) is 18.1 Å². The van der Waals surface area contributed by atoms with Gasteiger partial charge in [0.2, 0.25) is 0 Å². The molecule has 1 fully saturated rings. The Morgan fingerprint density at radius 3 is 2.77 bits per heavy atom. The molecule has 1 amide bonds. The summed E-state index contributed by atoms with van der Waals surface area (Å²) in [5.41, 5.74) is 0.504. The van der Waals surface area contributed by atoms with Gasteiger partial charge in [0.1, 0.15) is 6.29 Å². The molecule has 0 spiro atoms. The minimum Gasteiger partial charge on any atom is -0.493 e. The molecule has 1 saturated carbocycles. The van der Waals surface area contributed by atoms with E-state index in [0.717, 1.165) is 25.5 Å². The zero-order valence-corrected chi connectivity index (χ0v) is 13.1. The lowest BCUT2D eigenvalue weighted by molar-refractivity contribution is -0.124. The highest BCUT2D eigenvalue weighted by Gasteiger charge is 2.22. The first-order valence-electron chi connectivity index (χ1n) is 7.69. The summed E-state index contributed by atoms with van der Waals surface area (Å²) < 4.78 is 10.7. The molecule has 5 heteroatoms. The van der Waals surface area contributed by atoms with E-state index in [4.69, 9.17) is 9.47 Å². The van der Waals surface area contributed by atoms with Crippen LogP contribution in [0.25, 0.3) is 0 Å². The second-order valence-corrected chi connectivity index (χ2v) is 5.75. The number of amides is 1.